The zero-order chi connectivity index (χ0) is 15.3. The number of likely N-dealkylation sites (tertiary alicyclic amines) is 1. The first-order valence-electron chi connectivity index (χ1n) is 9.66. The average Bonchev–Trinajstić information content (AvgIpc) is 3.04. The molecule has 2 aliphatic rings. The maximum atomic E-state index is 3.95. The van der Waals surface area contributed by atoms with Crippen LogP contribution in [0.1, 0.15) is 79.1 Å². The SMILES string of the molecule is CCNC(C1CCC(C)CC1)C(CC)(CC)N1CCCC1. The molecule has 1 aliphatic heterocycles. The first-order valence-corrected chi connectivity index (χ1v) is 9.66. The predicted molar refractivity (Wildman–Crippen MR) is 92.7 cm³/mol. The van der Waals surface area contributed by atoms with E-state index in [1.807, 2.05) is 0 Å². The lowest BCUT2D eigenvalue weighted by Crippen LogP contribution is -2.63. The molecule has 0 amide bonds. The Morgan fingerprint density at radius 3 is 2.05 bits per heavy atom. The van der Waals surface area contributed by atoms with Crippen molar-refractivity contribution in [3.63, 3.8) is 0 Å². The van der Waals surface area contributed by atoms with Gasteiger partial charge in [0.2, 0.25) is 0 Å². The number of likely N-dealkylation sites (N-methyl/N-ethyl adjacent to an activating group) is 1. The van der Waals surface area contributed by atoms with Crippen molar-refractivity contribution in [1.29, 1.82) is 0 Å². The van der Waals surface area contributed by atoms with Crippen molar-refractivity contribution in [2.24, 2.45) is 11.8 Å². The van der Waals surface area contributed by atoms with Crippen LogP contribution in [0.4, 0.5) is 0 Å². The summed E-state index contributed by atoms with van der Waals surface area (Å²) in [7, 11) is 0. The van der Waals surface area contributed by atoms with Crippen molar-refractivity contribution < 1.29 is 0 Å². The molecule has 1 atom stereocenters. The molecule has 1 unspecified atom stereocenters. The topological polar surface area (TPSA) is 15.3 Å². The molecular weight excluding hydrogens is 256 g/mol. The molecule has 0 aromatic heterocycles. The van der Waals surface area contributed by atoms with Crippen LogP contribution in [0.15, 0.2) is 0 Å². The molecule has 1 saturated heterocycles. The van der Waals surface area contributed by atoms with Crippen LogP contribution in [-0.4, -0.2) is 36.1 Å². The highest BCUT2D eigenvalue weighted by Crippen LogP contribution is 2.40. The minimum Gasteiger partial charge on any atom is -0.312 e. The Balaban J connectivity index is 2.18. The third-order valence-electron chi connectivity index (χ3n) is 6.50. The first-order chi connectivity index (χ1) is 10.2. The first kappa shape index (κ1) is 17.3. The van der Waals surface area contributed by atoms with Gasteiger partial charge in [-0.05, 0) is 70.0 Å². The zero-order valence-corrected chi connectivity index (χ0v) is 15.0. The highest BCUT2D eigenvalue weighted by molar-refractivity contribution is 5.03. The van der Waals surface area contributed by atoms with Gasteiger partial charge in [0.05, 0.1) is 0 Å². The van der Waals surface area contributed by atoms with E-state index in [1.165, 1.54) is 64.5 Å². The smallest absolute Gasteiger partial charge is 0.0359 e. The molecule has 1 heterocycles. The summed E-state index contributed by atoms with van der Waals surface area (Å²) in [5.74, 6) is 1.84. The lowest BCUT2D eigenvalue weighted by atomic mass is 9.70. The van der Waals surface area contributed by atoms with Crippen LogP contribution in [0.2, 0.25) is 0 Å². The molecule has 2 nitrogen and oxygen atoms in total. The summed E-state index contributed by atoms with van der Waals surface area (Å²) >= 11 is 0. The molecule has 0 bridgehead atoms. The summed E-state index contributed by atoms with van der Waals surface area (Å²) < 4.78 is 0. The van der Waals surface area contributed by atoms with Crippen LogP contribution in [0.3, 0.4) is 0 Å². The van der Waals surface area contributed by atoms with Crippen molar-refractivity contribution in [3.8, 4) is 0 Å². The van der Waals surface area contributed by atoms with Crippen molar-refractivity contribution in [2.45, 2.75) is 90.6 Å². The lowest BCUT2D eigenvalue weighted by Gasteiger charge is -2.51. The molecule has 0 aromatic rings. The van der Waals surface area contributed by atoms with E-state index in [1.54, 1.807) is 0 Å². The van der Waals surface area contributed by atoms with Gasteiger partial charge in [0.25, 0.3) is 0 Å². The van der Waals surface area contributed by atoms with Crippen molar-refractivity contribution >= 4 is 0 Å². The minimum atomic E-state index is 0.401. The zero-order valence-electron chi connectivity index (χ0n) is 15.0. The number of hydrogen-bond acceptors (Lipinski definition) is 2. The van der Waals surface area contributed by atoms with Gasteiger partial charge in [-0.25, -0.2) is 0 Å². The van der Waals surface area contributed by atoms with Gasteiger partial charge in [-0.3, -0.25) is 4.90 Å². The molecule has 0 aromatic carbocycles. The normalized spacial score (nSPS) is 29.7. The quantitative estimate of drug-likeness (QED) is 0.746. The van der Waals surface area contributed by atoms with Crippen molar-refractivity contribution in [2.75, 3.05) is 19.6 Å². The number of hydrogen-bond donors (Lipinski definition) is 1. The van der Waals surface area contributed by atoms with Crippen LogP contribution < -0.4 is 5.32 Å². The van der Waals surface area contributed by atoms with Crippen LogP contribution in [-0.2, 0) is 0 Å². The Kier molecular flexibility index (Phi) is 6.55. The van der Waals surface area contributed by atoms with Crippen molar-refractivity contribution in [1.82, 2.24) is 10.2 Å². The monoisotopic (exact) mass is 294 g/mol. The summed E-state index contributed by atoms with van der Waals surface area (Å²) in [5, 5.41) is 3.95. The number of nitrogens with zero attached hydrogens (tertiary/aromatic N) is 1. The molecule has 0 radical (unpaired) electrons. The number of rotatable bonds is 7. The van der Waals surface area contributed by atoms with E-state index in [9.17, 15) is 0 Å². The van der Waals surface area contributed by atoms with Gasteiger partial charge < -0.3 is 5.32 Å². The Morgan fingerprint density at radius 1 is 1.00 bits per heavy atom. The Bertz CT molecular complexity index is 284. The van der Waals surface area contributed by atoms with E-state index in [-0.39, 0.29) is 0 Å². The van der Waals surface area contributed by atoms with Gasteiger partial charge in [-0.1, -0.05) is 40.5 Å². The van der Waals surface area contributed by atoms with Crippen molar-refractivity contribution in [3.05, 3.63) is 0 Å². The van der Waals surface area contributed by atoms with E-state index >= 15 is 0 Å². The molecule has 1 N–H and O–H groups in total. The van der Waals surface area contributed by atoms with Crippen LogP contribution in [0.25, 0.3) is 0 Å². The summed E-state index contributed by atoms with van der Waals surface area (Å²) in [5.41, 5.74) is 0.401. The molecule has 1 aliphatic carbocycles. The highest BCUT2D eigenvalue weighted by Gasteiger charge is 2.45. The van der Waals surface area contributed by atoms with Gasteiger partial charge in [0.1, 0.15) is 0 Å². The molecule has 2 fully saturated rings. The van der Waals surface area contributed by atoms with Gasteiger partial charge in [0.15, 0.2) is 0 Å². The van der Waals surface area contributed by atoms with Crippen LogP contribution >= 0.6 is 0 Å². The van der Waals surface area contributed by atoms with E-state index in [4.69, 9.17) is 0 Å². The molecule has 0 spiro atoms. The third kappa shape index (κ3) is 3.64. The Hall–Kier alpha value is -0.0800. The maximum absolute atomic E-state index is 3.95. The molecule has 21 heavy (non-hydrogen) atoms. The van der Waals surface area contributed by atoms with E-state index < -0.39 is 0 Å². The lowest BCUT2D eigenvalue weighted by molar-refractivity contribution is 0.0259. The van der Waals surface area contributed by atoms with Gasteiger partial charge in [-0.2, -0.15) is 0 Å². The Labute approximate surface area is 133 Å². The number of nitrogens with one attached hydrogen (secondary N) is 1. The summed E-state index contributed by atoms with van der Waals surface area (Å²) in [6.07, 6.45) is 11.2. The maximum Gasteiger partial charge on any atom is 0.0359 e. The average molecular weight is 295 g/mol. The third-order valence-corrected chi connectivity index (χ3v) is 6.50. The van der Waals surface area contributed by atoms with E-state index in [0.717, 1.165) is 18.4 Å². The van der Waals surface area contributed by atoms with Crippen LogP contribution in [0, 0.1) is 11.8 Å². The molecule has 2 rings (SSSR count). The molecule has 124 valence electrons. The molecule has 2 heteroatoms. The fourth-order valence-corrected chi connectivity index (χ4v) is 5.13. The molecular formula is C19H38N2. The largest absolute Gasteiger partial charge is 0.312 e. The second kappa shape index (κ2) is 7.97. The summed E-state index contributed by atoms with van der Waals surface area (Å²) in [6.45, 7) is 13.4. The fourth-order valence-electron chi connectivity index (χ4n) is 5.13. The fraction of sp³-hybridized carbons (Fsp3) is 1.00. The van der Waals surface area contributed by atoms with Gasteiger partial charge in [-0.15, -0.1) is 0 Å². The standard InChI is InChI=1S/C19H38N2/c1-5-19(6-2,21-14-8-9-15-21)18(20-7-3)17-12-10-16(4)11-13-17/h16-18,20H,5-15H2,1-4H3. The second-order valence-electron chi connectivity index (χ2n) is 7.56. The Morgan fingerprint density at radius 2 is 1.57 bits per heavy atom. The van der Waals surface area contributed by atoms with Gasteiger partial charge >= 0.3 is 0 Å². The van der Waals surface area contributed by atoms with E-state index in [0.29, 0.717) is 11.6 Å². The highest BCUT2D eigenvalue weighted by atomic mass is 15.2. The van der Waals surface area contributed by atoms with E-state index in [2.05, 4.69) is 37.9 Å². The van der Waals surface area contributed by atoms with Gasteiger partial charge in [0, 0.05) is 11.6 Å². The summed E-state index contributed by atoms with van der Waals surface area (Å²) in [4.78, 5) is 2.85. The minimum absolute atomic E-state index is 0.401. The predicted octanol–water partition coefficient (Wildman–Crippen LogP) is 4.45. The second-order valence-corrected chi connectivity index (χ2v) is 7.56. The van der Waals surface area contributed by atoms with Crippen LogP contribution in [0.5, 0.6) is 0 Å². The molecule has 1 saturated carbocycles. The summed E-state index contributed by atoms with van der Waals surface area (Å²) in [6, 6.07) is 0.697.